The summed E-state index contributed by atoms with van der Waals surface area (Å²) in [4.78, 5) is 16.9. The minimum Gasteiger partial charge on any atom is -0.394 e. The van der Waals surface area contributed by atoms with Crippen LogP contribution in [0.25, 0.3) is 11.0 Å². The van der Waals surface area contributed by atoms with E-state index in [1.807, 2.05) is 6.92 Å². The SMILES string of the molecule is CCn1c(=O)c(NC(CO)c2c(F)cccc2F)nc2ccccc21. The number of hydrogen-bond acceptors (Lipinski definition) is 4. The Labute approximate surface area is 142 Å². The molecule has 0 aliphatic rings. The summed E-state index contributed by atoms with van der Waals surface area (Å²) >= 11 is 0. The van der Waals surface area contributed by atoms with E-state index in [1.54, 1.807) is 24.3 Å². The van der Waals surface area contributed by atoms with Gasteiger partial charge in [0.15, 0.2) is 5.82 Å². The molecule has 7 heteroatoms. The number of aliphatic hydroxyl groups is 1. The van der Waals surface area contributed by atoms with Crippen molar-refractivity contribution in [1.29, 1.82) is 0 Å². The van der Waals surface area contributed by atoms with Crippen molar-refractivity contribution >= 4 is 16.9 Å². The van der Waals surface area contributed by atoms with E-state index in [0.717, 1.165) is 12.1 Å². The third-order valence-corrected chi connectivity index (χ3v) is 4.01. The first-order valence-electron chi connectivity index (χ1n) is 7.87. The van der Waals surface area contributed by atoms with Crippen LogP contribution < -0.4 is 10.9 Å². The molecule has 0 bridgehead atoms. The molecular weight excluding hydrogens is 328 g/mol. The summed E-state index contributed by atoms with van der Waals surface area (Å²) in [7, 11) is 0. The summed E-state index contributed by atoms with van der Waals surface area (Å²) in [6.45, 7) is 1.63. The van der Waals surface area contributed by atoms with Gasteiger partial charge >= 0.3 is 0 Å². The second-order valence-corrected chi connectivity index (χ2v) is 5.51. The minimum absolute atomic E-state index is 0.0674. The number of fused-ring (bicyclic) bond motifs is 1. The first-order chi connectivity index (χ1) is 12.1. The van der Waals surface area contributed by atoms with Crippen LogP contribution in [0.3, 0.4) is 0 Å². The van der Waals surface area contributed by atoms with Gasteiger partial charge in [-0.05, 0) is 31.2 Å². The van der Waals surface area contributed by atoms with Crippen molar-refractivity contribution < 1.29 is 13.9 Å². The summed E-state index contributed by atoms with van der Waals surface area (Å²) in [6.07, 6.45) is 0. The van der Waals surface area contributed by atoms with Gasteiger partial charge < -0.3 is 15.0 Å². The molecule has 0 spiro atoms. The van der Waals surface area contributed by atoms with Crippen molar-refractivity contribution in [2.24, 2.45) is 0 Å². The summed E-state index contributed by atoms with van der Waals surface area (Å²) in [5.41, 5.74) is 0.481. The topological polar surface area (TPSA) is 67.2 Å². The average molecular weight is 345 g/mol. The third-order valence-electron chi connectivity index (χ3n) is 4.01. The fraction of sp³-hybridized carbons (Fsp3) is 0.222. The van der Waals surface area contributed by atoms with Crippen molar-refractivity contribution in [2.45, 2.75) is 19.5 Å². The van der Waals surface area contributed by atoms with Crippen molar-refractivity contribution in [3.63, 3.8) is 0 Å². The number of aryl methyl sites for hydroxylation is 1. The van der Waals surface area contributed by atoms with Crippen LogP contribution in [0.5, 0.6) is 0 Å². The molecule has 0 amide bonds. The average Bonchev–Trinajstić information content (AvgIpc) is 2.61. The van der Waals surface area contributed by atoms with Crippen LogP contribution >= 0.6 is 0 Å². The molecule has 2 aromatic carbocycles. The molecule has 0 aliphatic carbocycles. The van der Waals surface area contributed by atoms with E-state index in [4.69, 9.17) is 0 Å². The van der Waals surface area contributed by atoms with E-state index in [9.17, 15) is 18.7 Å². The maximum atomic E-state index is 14.0. The molecule has 0 saturated carbocycles. The molecule has 0 saturated heterocycles. The van der Waals surface area contributed by atoms with Gasteiger partial charge in [0.2, 0.25) is 0 Å². The summed E-state index contributed by atoms with van der Waals surface area (Å²) in [5, 5.41) is 12.3. The van der Waals surface area contributed by atoms with Crippen molar-refractivity contribution in [3.05, 3.63) is 70.0 Å². The number of halogens is 2. The van der Waals surface area contributed by atoms with Crippen molar-refractivity contribution in [2.75, 3.05) is 11.9 Å². The van der Waals surface area contributed by atoms with Crippen LogP contribution in [0.4, 0.5) is 14.6 Å². The van der Waals surface area contributed by atoms with Gasteiger partial charge in [-0.1, -0.05) is 18.2 Å². The van der Waals surface area contributed by atoms with Crippen molar-refractivity contribution in [3.8, 4) is 0 Å². The lowest BCUT2D eigenvalue weighted by molar-refractivity contribution is 0.270. The number of aliphatic hydroxyl groups excluding tert-OH is 1. The minimum atomic E-state index is -1.13. The van der Waals surface area contributed by atoms with Crippen LogP contribution in [-0.2, 0) is 6.54 Å². The molecule has 1 atom stereocenters. The number of benzene rings is 2. The predicted molar refractivity (Wildman–Crippen MR) is 91.5 cm³/mol. The number of para-hydroxylation sites is 2. The molecule has 1 heterocycles. The van der Waals surface area contributed by atoms with Gasteiger partial charge in [-0.15, -0.1) is 0 Å². The number of rotatable bonds is 5. The largest absolute Gasteiger partial charge is 0.394 e. The second-order valence-electron chi connectivity index (χ2n) is 5.51. The number of nitrogens with one attached hydrogen (secondary N) is 1. The van der Waals surface area contributed by atoms with E-state index in [1.165, 1.54) is 10.6 Å². The Morgan fingerprint density at radius 1 is 1.16 bits per heavy atom. The Bertz CT molecular complexity index is 952. The first-order valence-corrected chi connectivity index (χ1v) is 7.87. The van der Waals surface area contributed by atoms with Crippen LogP contribution in [0.2, 0.25) is 0 Å². The van der Waals surface area contributed by atoms with Gasteiger partial charge in [0, 0.05) is 12.1 Å². The number of nitrogens with zero attached hydrogens (tertiary/aromatic N) is 2. The number of aromatic nitrogens is 2. The Morgan fingerprint density at radius 3 is 2.48 bits per heavy atom. The molecule has 1 unspecified atom stereocenters. The predicted octanol–water partition coefficient (Wildman–Crippen LogP) is 2.84. The highest BCUT2D eigenvalue weighted by Gasteiger charge is 2.21. The Morgan fingerprint density at radius 2 is 1.84 bits per heavy atom. The third kappa shape index (κ3) is 3.10. The quantitative estimate of drug-likeness (QED) is 0.746. The van der Waals surface area contributed by atoms with Gasteiger partial charge in [-0.2, -0.15) is 0 Å². The standard InChI is InChI=1S/C18H17F2N3O2/c1-2-23-15-9-4-3-8-13(15)21-17(18(23)25)22-14(10-24)16-11(19)6-5-7-12(16)20/h3-9,14,24H,2,10H2,1H3,(H,21,22). The first kappa shape index (κ1) is 17.0. The van der Waals surface area contributed by atoms with Crippen molar-refractivity contribution in [1.82, 2.24) is 9.55 Å². The Kier molecular flexibility index (Phi) is 4.76. The van der Waals surface area contributed by atoms with Gasteiger partial charge in [0.1, 0.15) is 11.6 Å². The molecule has 0 radical (unpaired) electrons. The normalized spacial score (nSPS) is 12.3. The molecule has 0 fully saturated rings. The molecule has 2 N–H and O–H groups in total. The zero-order chi connectivity index (χ0) is 18.0. The smallest absolute Gasteiger partial charge is 0.293 e. The lowest BCUT2D eigenvalue weighted by atomic mass is 10.1. The molecule has 25 heavy (non-hydrogen) atoms. The Hall–Kier alpha value is -2.80. The van der Waals surface area contributed by atoms with Gasteiger partial charge in [0.05, 0.1) is 23.7 Å². The van der Waals surface area contributed by atoms with Gasteiger partial charge in [0.25, 0.3) is 5.56 Å². The molecule has 1 aromatic heterocycles. The van der Waals surface area contributed by atoms with Gasteiger partial charge in [-0.25, -0.2) is 13.8 Å². The number of anilines is 1. The van der Waals surface area contributed by atoms with E-state index >= 15 is 0 Å². The maximum absolute atomic E-state index is 14.0. The second kappa shape index (κ2) is 6.98. The van der Waals surface area contributed by atoms with E-state index in [2.05, 4.69) is 10.3 Å². The highest BCUT2D eigenvalue weighted by Crippen LogP contribution is 2.23. The highest BCUT2D eigenvalue weighted by atomic mass is 19.1. The summed E-state index contributed by atoms with van der Waals surface area (Å²) in [5.74, 6) is -1.67. The van der Waals surface area contributed by atoms with Crippen LogP contribution in [0.1, 0.15) is 18.5 Å². The molecule has 130 valence electrons. The zero-order valence-electron chi connectivity index (χ0n) is 13.5. The highest BCUT2D eigenvalue weighted by molar-refractivity contribution is 5.76. The van der Waals surface area contributed by atoms with Gasteiger partial charge in [-0.3, -0.25) is 4.79 Å². The van der Waals surface area contributed by atoms with E-state index in [-0.39, 0.29) is 11.4 Å². The van der Waals surface area contributed by atoms with Crippen LogP contribution in [0.15, 0.2) is 47.3 Å². The fourth-order valence-corrected chi connectivity index (χ4v) is 2.82. The molecule has 3 rings (SSSR count). The summed E-state index contributed by atoms with van der Waals surface area (Å²) in [6, 6.07) is 9.40. The lowest BCUT2D eigenvalue weighted by Gasteiger charge is -2.19. The maximum Gasteiger partial charge on any atom is 0.293 e. The van der Waals surface area contributed by atoms with E-state index in [0.29, 0.717) is 17.6 Å². The molecular formula is C18H17F2N3O2. The zero-order valence-corrected chi connectivity index (χ0v) is 13.5. The molecule has 5 nitrogen and oxygen atoms in total. The van der Waals surface area contributed by atoms with Crippen LogP contribution in [-0.4, -0.2) is 21.3 Å². The van der Waals surface area contributed by atoms with Crippen LogP contribution in [0, 0.1) is 11.6 Å². The van der Waals surface area contributed by atoms with E-state index < -0.39 is 29.8 Å². The lowest BCUT2D eigenvalue weighted by Crippen LogP contribution is -2.28. The summed E-state index contributed by atoms with van der Waals surface area (Å²) < 4.78 is 29.5. The molecule has 0 aliphatic heterocycles. The fourth-order valence-electron chi connectivity index (χ4n) is 2.82. The number of hydrogen-bond donors (Lipinski definition) is 2. The Balaban J connectivity index is 2.10. The molecule has 3 aromatic rings. The monoisotopic (exact) mass is 345 g/mol.